The molecule has 4 atom stereocenters. The summed E-state index contributed by atoms with van der Waals surface area (Å²) in [4.78, 5) is 26.8. The smallest absolute Gasteiger partial charge is 0.330 e. The van der Waals surface area contributed by atoms with Gasteiger partial charge in [0.25, 0.3) is 15.7 Å². The minimum atomic E-state index is -4.04. The van der Waals surface area contributed by atoms with Crippen molar-refractivity contribution in [3.05, 3.63) is 62.4 Å². The molecule has 2 aliphatic rings. The molecule has 2 saturated heterocycles. The van der Waals surface area contributed by atoms with Crippen LogP contribution in [0.2, 0.25) is 0 Å². The van der Waals surface area contributed by atoms with E-state index in [4.69, 9.17) is 23.1 Å². The lowest BCUT2D eigenvalue weighted by Gasteiger charge is -2.25. The lowest BCUT2D eigenvalue weighted by molar-refractivity contribution is -0.199. The van der Waals surface area contributed by atoms with E-state index in [0.717, 1.165) is 5.56 Å². The summed E-state index contributed by atoms with van der Waals surface area (Å²) >= 11 is 0. The molecule has 11 nitrogen and oxygen atoms in total. The Morgan fingerprint density at radius 3 is 2.45 bits per heavy atom. The molecule has 180 valence electrons. The Morgan fingerprint density at radius 1 is 1.12 bits per heavy atom. The van der Waals surface area contributed by atoms with E-state index in [1.54, 1.807) is 26.0 Å². The van der Waals surface area contributed by atoms with E-state index < -0.39 is 51.7 Å². The van der Waals surface area contributed by atoms with Crippen molar-refractivity contribution >= 4 is 10.1 Å². The number of methoxy groups -OCH3 is 1. The number of benzene rings is 1. The van der Waals surface area contributed by atoms with Gasteiger partial charge in [-0.25, -0.2) is 4.79 Å². The summed E-state index contributed by atoms with van der Waals surface area (Å²) in [7, 11) is -2.61. The van der Waals surface area contributed by atoms with Gasteiger partial charge >= 0.3 is 5.69 Å². The van der Waals surface area contributed by atoms with Gasteiger partial charge in [-0.3, -0.25) is 18.5 Å². The average molecular weight is 483 g/mol. The number of nitrogens with one attached hydrogen (secondary N) is 1. The van der Waals surface area contributed by atoms with Gasteiger partial charge in [0, 0.05) is 13.3 Å². The van der Waals surface area contributed by atoms with Crippen molar-refractivity contribution in [1.29, 1.82) is 0 Å². The minimum absolute atomic E-state index is 0.0133. The Labute approximate surface area is 190 Å². The maximum absolute atomic E-state index is 12.6. The number of hydrogen-bond acceptors (Lipinski definition) is 9. The number of aromatic nitrogens is 2. The molecule has 1 N–H and O–H groups in total. The molecule has 0 saturated carbocycles. The predicted octanol–water partition coefficient (Wildman–Crippen LogP) is 0.814. The van der Waals surface area contributed by atoms with Crippen LogP contribution >= 0.6 is 0 Å². The second-order valence-electron chi connectivity index (χ2n) is 8.44. The van der Waals surface area contributed by atoms with Crippen molar-refractivity contribution in [1.82, 2.24) is 9.55 Å². The fraction of sp³-hybridized carbons (Fsp3) is 0.524. The first-order valence-corrected chi connectivity index (χ1v) is 11.7. The highest BCUT2D eigenvalue weighted by atomic mass is 32.2. The lowest BCUT2D eigenvalue weighted by atomic mass is 10.1. The molecule has 2 fully saturated rings. The number of ether oxygens (including phenoxy) is 4. The molecule has 1 aromatic carbocycles. The molecule has 0 bridgehead atoms. The third kappa shape index (κ3) is 4.81. The maximum atomic E-state index is 12.6. The number of H-pyrrole nitrogens is 1. The third-order valence-corrected chi connectivity index (χ3v) is 6.73. The summed E-state index contributed by atoms with van der Waals surface area (Å²) in [5.74, 6) is -0.993. The van der Waals surface area contributed by atoms with Gasteiger partial charge in [-0.1, -0.05) is 17.7 Å². The summed E-state index contributed by atoms with van der Waals surface area (Å²) in [5, 5.41) is 0. The van der Waals surface area contributed by atoms with Gasteiger partial charge in [-0.2, -0.15) is 8.42 Å². The molecule has 3 heterocycles. The summed E-state index contributed by atoms with van der Waals surface area (Å²) in [6.45, 7) is 4.89. The van der Waals surface area contributed by atoms with Gasteiger partial charge in [0.1, 0.15) is 18.3 Å². The van der Waals surface area contributed by atoms with Crippen LogP contribution in [0.3, 0.4) is 0 Å². The quantitative estimate of drug-likeness (QED) is 0.569. The normalized spacial score (nSPS) is 26.4. The van der Waals surface area contributed by atoms with Crippen LogP contribution in [-0.4, -0.2) is 55.8 Å². The zero-order valence-corrected chi connectivity index (χ0v) is 19.5. The Kier molecular flexibility index (Phi) is 6.33. The zero-order chi connectivity index (χ0) is 24.0. The van der Waals surface area contributed by atoms with Crippen LogP contribution in [0, 0.1) is 6.92 Å². The van der Waals surface area contributed by atoms with Crippen LogP contribution < -0.4 is 11.2 Å². The van der Waals surface area contributed by atoms with Crippen LogP contribution in [0.15, 0.2) is 44.9 Å². The molecule has 4 rings (SSSR count). The molecule has 0 aliphatic carbocycles. The molecule has 0 radical (unpaired) electrons. The van der Waals surface area contributed by atoms with Crippen LogP contribution in [0.5, 0.6) is 0 Å². The van der Waals surface area contributed by atoms with Gasteiger partial charge in [0.15, 0.2) is 12.0 Å². The lowest BCUT2D eigenvalue weighted by Crippen LogP contribution is -2.38. The van der Waals surface area contributed by atoms with Crippen LogP contribution in [-0.2, 0) is 39.9 Å². The van der Waals surface area contributed by atoms with Gasteiger partial charge in [-0.15, -0.1) is 0 Å². The molecule has 0 amide bonds. The fourth-order valence-corrected chi connectivity index (χ4v) is 4.84. The van der Waals surface area contributed by atoms with Crippen molar-refractivity contribution in [2.75, 3.05) is 13.7 Å². The van der Waals surface area contributed by atoms with E-state index >= 15 is 0 Å². The van der Waals surface area contributed by atoms with Gasteiger partial charge < -0.3 is 18.9 Å². The van der Waals surface area contributed by atoms with E-state index in [0.29, 0.717) is 0 Å². The summed E-state index contributed by atoms with van der Waals surface area (Å²) in [6, 6.07) is 6.26. The number of aromatic amines is 1. The minimum Gasteiger partial charge on any atom is -0.380 e. The van der Waals surface area contributed by atoms with E-state index in [1.165, 1.54) is 30.0 Å². The van der Waals surface area contributed by atoms with Crippen LogP contribution in [0.1, 0.15) is 31.2 Å². The number of nitrogens with zero attached hydrogens (tertiary/aromatic N) is 1. The van der Waals surface area contributed by atoms with Gasteiger partial charge in [0.05, 0.1) is 23.7 Å². The Morgan fingerprint density at radius 2 is 1.79 bits per heavy atom. The van der Waals surface area contributed by atoms with Crippen molar-refractivity contribution in [2.24, 2.45) is 0 Å². The highest BCUT2D eigenvalue weighted by Gasteiger charge is 2.56. The first kappa shape index (κ1) is 23.8. The van der Waals surface area contributed by atoms with E-state index in [1.807, 2.05) is 6.92 Å². The molecule has 2 aromatic rings. The summed E-state index contributed by atoms with van der Waals surface area (Å²) < 4.78 is 54.6. The van der Waals surface area contributed by atoms with Crippen molar-refractivity contribution < 1.29 is 31.5 Å². The first-order chi connectivity index (χ1) is 15.5. The second-order valence-corrected chi connectivity index (χ2v) is 10.1. The van der Waals surface area contributed by atoms with E-state index in [9.17, 15) is 18.0 Å². The zero-order valence-electron chi connectivity index (χ0n) is 18.6. The summed E-state index contributed by atoms with van der Waals surface area (Å²) in [6.07, 6.45) is -1.94. The topological polar surface area (TPSA) is 135 Å². The largest absolute Gasteiger partial charge is 0.380 e. The fourth-order valence-electron chi connectivity index (χ4n) is 3.92. The monoisotopic (exact) mass is 482 g/mol. The second kappa shape index (κ2) is 8.78. The van der Waals surface area contributed by atoms with Gasteiger partial charge in [0.2, 0.25) is 0 Å². The molecule has 0 spiro atoms. The van der Waals surface area contributed by atoms with Crippen LogP contribution in [0.25, 0.3) is 0 Å². The molecule has 2 aliphatic heterocycles. The first-order valence-electron chi connectivity index (χ1n) is 10.3. The predicted molar refractivity (Wildman–Crippen MR) is 114 cm³/mol. The Hall–Kier alpha value is -2.35. The van der Waals surface area contributed by atoms with Crippen LogP contribution in [0.4, 0.5) is 0 Å². The highest BCUT2D eigenvalue weighted by Crippen LogP contribution is 2.42. The summed E-state index contributed by atoms with van der Waals surface area (Å²) in [5.41, 5.74) is -0.139. The molecular weight excluding hydrogens is 456 g/mol. The number of fused-ring (bicyclic) bond motifs is 1. The van der Waals surface area contributed by atoms with Crippen molar-refractivity contribution in [2.45, 2.75) is 62.6 Å². The molecule has 33 heavy (non-hydrogen) atoms. The van der Waals surface area contributed by atoms with Crippen molar-refractivity contribution in [3.63, 3.8) is 0 Å². The number of aryl methyl sites for hydroxylation is 1. The molecule has 0 unspecified atom stereocenters. The average Bonchev–Trinajstić information content (AvgIpc) is 3.22. The van der Waals surface area contributed by atoms with E-state index in [-0.39, 0.29) is 23.7 Å². The standard InChI is InChI=1S/C21H26N2O9S/c1-12-5-7-14(8-6-12)33(26,27)29-11-15-16-17(32-21(2,3)31-16)19(30-15)23-9-13(10-28-4)18(24)22-20(23)25/h5-9,15-17,19H,10-11H2,1-4H3,(H,22,24,25)/t15-,16-,17-,19-/m1/s1. The SMILES string of the molecule is COCc1cn([C@@H]2O[C@H](COS(=O)(=O)c3ccc(C)cc3)[C@H]3OC(C)(C)O[C@H]32)c(=O)[nH]c1=O. The van der Waals surface area contributed by atoms with Crippen molar-refractivity contribution in [3.8, 4) is 0 Å². The Balaban J connectivity index is 1.60. The third-order valence-electron chi connectivity index (χ3n) is 5.44. The molecule has 1 aromatic heterocycles. The number of hydrogen-bond donors (Lipinski definition) is 1. The molecular formula is C21H26N2O9S. The van der Waals surface area contributed by atoms with Gasteiger partial charge in [-0.05, 0) is 32.9 Å². The maximum Gasteiger partial charge on any atom is 0.330 e. The number of rotatable bonds is 7. The van der Waals surface area contributed by atoms with E-state index in [2.05, 4.69) is 4.98 Å². The highest BCUT2D eigenvalue weighted by molar-refractivity contribution is 7.86. The Bertz CT molecular complexity index is 1230. The molecule has 12 heteroatoms.